The fourth-order valence-corrected chi connectivity index (χ4v) is 3.37. The summed E-state index contributed by atoms with van der Waals surface area (Å²) in [6.45, 7) is 8.14. The van der Waals surface area contributed by atoms with Gasteiger partial charge in [0, 0.05) is 11.2 Å². The second-order valence-electron chi connectivity index (χ2n) is 5.94. The van der Waals surface area contributed by atoms with Gasteiger partial charge in [0.1, 0.15) is 0 Å². The van der Waals surface area contributed by atoms with E-state index in [1.165, 1.54) is 28.7 Å². The van der Waals surface area contributed by atoms with E-state index < -0.39 is 0 Å². The topological polar surface area (TPSA) is 66.9 Å². The maximum Gasteiger partial charge on any atom is 0.230 e. The molecule has 0 fully saturated rings. The van der Waals surface area contributed by atoms with Gasteiger partial charge in [0.15, 0.2) is 4.34 Å². The van der Waals surface area contributed by atoms with E-state index in [4.69, 9.17) is 0 Å². The van der Waals surface area contributed by atoms with Crippen LogP contribution in [-0.4, -0.2) is 27.4 Å². The Bertz CT molecular complexity index is 670. The number of carbonyl (C=O) groups excluding carboxylic acids is 1. The van der Waals surface area contributed by atoms with Gasteiger partial charge in [-0.15, -0.1) is 10.2 Å². The zero-order valence-electron chi connectivity index (χ0n) is 13.8. The predicted molar refractivity (Wildman–Crippen MR) is 97.6 cm³/mol. The molecule has 1 heterocycles. The lowest BCUT2D eigenvalue weighted by Crippen LogP contribution is -2.43. The number of aromatic nitrogens is 2. The van der Waals surface area contributed by atoms with Crippen LogP contribution in [0.5, 0.6) is 0 Å². The van der Waals surface area contributed by atoms with E-state index in [0.29, 0.717) is 5.75 Å². The van der Waals surface area contributed by atoms with Crippen LogP contribution in [0.15, 0.2) is 28.6 Å². The van der Waals surface area contributed by atoms with E-state index >= 15 is 0 Å². The van der Waals surface area contributed by atoms with Crippen LogP contribution in [0, 0.1) is 6.92 Å². The van der Waals surface area contributed by atoms with Crippen LogP contribution in [-0.2, 0) is 4.79 Å². The number of thioether (sulfide) groups is 1. The minimum Gasteiger partial charge on any atom is -0.351 e. The van der Waals surface area contributed by atoms with E-state index in [0.717, 1.165) is 21.6 Å². The van der Waals surface area contributed by atoms with Crippen LogP contribution >= 0.6 is 23.1 Å². The van der Waals surface area contributed by atoms with Gasteiger partial charge in [0.05, 0.1) is 5.75 Å². The third-order valence-corrected chi connectivity index (χ3v) is 5.34. The molecule has 124 valence electrons. The first-order valence-corrected chi connectivity index (χ1v) is 9.29. The standard InChI is InChI=1S/C16H22N4OS2/c1-5-16(3,4)18-13(21)10-22-15-20-19-14(23-15)17-12-8-6-7-11(2)9-12/h6-9H,5,10H2,1-4H3,(H,17,19)(H,18,21). The average Bonchev–Trinajstić information content (AvgIpc) is 2.92. The Labute approximate surface area is 145 Å². The Kier molecular flexibility index (Phi) is 6.01. The van der Waals surface area contributed by atoms with Crippen LogP contribution in [0.1, 0.15) is 32.8 Å². The van der Waals surface area contributed by atoms with Crippen LogP contribution in [0.3, 0.4) is 0 Å². The molecule has 0 saturated carbocycles. The Morgan fingerprint density at radius 2 is 2.13 bits per heavy atom. The molecule has 0 atom stereocenters. The van der Waals surface area contributed by atoms with Gasteiger partial charge in [-0.25, -0.2) is 0 Å². The number of hydrogen-bond donors (Lipinski definition) is 2. The van der Waals surface area contributed by atoms with Gasteiger partial charge < -0.3 is 10.6 Å². The minimum absolute atomic E-state index is 0.0187. The van der Waals surface area contributed by atoms with Crippen molar-refractivity contribution in [3.63, 3.8) is 0 Å². The summed E-state index contributed by atoms with van der Waals surface area (Å²) in [4.78, 5) is 11.9. The number of amides is 1. The van der Waals surface area contributed by atoms with Gasteiger partial charge in [-0.3, -0.25) is 4.79 Å². The largest absolute Gasteiger partial charge is 0.351 e. The Morgan fingerprint density at radius 3 is 2.83 bits per heavy atom. The van der Waals surface area contributed by atoms with E-state index in [1.807, 2.05) is 39.0 Å². The molecule has 0 bridgehead atoms. The molecule has 0 spiro atoms. The highest BCUT2D eigenvalue weighted by Gasteiger charge is 2.18. The molecule has 0 unspecified atom stereocenters. The lowest BCUT2D eigenvalue weighted by molar-refractivity contribution is -0.120. The second-order valence-corrected chi connectivity index (χ2v) is 8.14. The molecule has 0 radical (unpaired) electrons. The highest BCUT2D eigenvalue weighted by Crippen LogP contribution is 2.27. The van der Waals surface area contributed by atoms with Gasteiger partial charge in [-0.2, -0.15) is 0 Å². The minimum atomic E-state index is -0.170. The van der Waals surface area contributed by atoms with Crippen LogP contribution < -0.4 is 10.6 Å². The Balaban J connectivity index is 1.86. The normalized spacial score (nSPS) is 11.3. The lowest BCUT2D eigenvalue weighted by atomic mass is 10.0. The number of benzene rings is 1. The average molecular weight is 351 g/mol. The van der Waals surface area contributed by atoms with E-state index in [-0.39, 0.29) is 11.4 Å². The third-order valence-electron chi connectivity index (χ3n) is 3.36. The second kappa shape index (κ2) is 7.79. The molecular formula is C16H22N4OS2. The molecule has 0 aliphatic heterocycles. The summed E-state index contributed by atoms with van der Waals surface area (Å²) in [5.41, 5.74) is 2.00. The summed E-state index contributed by atoms with van der Waals surface area (Å²) in [6, 6.07) is 8.08. The lowest BCUT2D eigenvalue weighted by Gasteiger charge is -2.24. The van der Waals surface area contributed by atoms with Gasteiger partial charge in [0.25, 0.3) is 0 Å². The molecular weight excluding hydrogens is 328 g/mol. The van der Waals surface area contributed by atoms with E-state index in [9.17, 15) is 4.79 Å². The molecule has 0 aliphatic carbocycles. The van der Waals surface area contributed by atoms with Crippen LogP contribution in [0.4, 0.5) is 10.8 Å². The van der Waals surface area contributed by atoms with Crippen molar-refractivity contribution in [2.24, 2.45) is 0 Å². The molecule has 2 aromatic rings. The highest BCUT2D eigenvalue weighted by molar-refractivity contribution is 8.01. The maximum absolute atomic E-state index is 11.9. The predicted octanol–water partition coefficient (Wildman–Crippen LogP) is 3.99. The molecule has 5 nitrogen and oxygen atoms in total. The van der Waals surface area contributed by atoms with Crippen molar-refractivity contribution >= 4 is 39.8 Å². The number of nitrogens with one attached hydrogen (secondary N) is 2. The number of nitrogens with zero attached hydrogens (tertiary/aromatic N) is 2. The quantitative estimate of drug-likeness (QED) is 0.739. The molecule has 2 N–H and O–H groups in total. The summed E-state index contributed by atoms with van der Waals surface area (Å²) in [5.74, 6) is 0.368. The molecule has 1 amide bonds. The zero-order chi connectivity index (χ0) is 16.9. The third kappa shape index (κ3) is 5.84. The fraction of sp³-hybridized carbons (Fsp3) is 0.438. The number of anilines is 2. The molecule has 1 aromatic carbocycles. The van der Waals surface area contributed by atoms with Gasteiger partial charge >= 0.3 is 0 Å². The monoisotopic (exact) mass is 350 g/mol. The van der Waals surface area contributed by atoms with Crippen LogP contribution in [0.2, 0.25) is 0 Å². The number of carbonyl (C=O) groups is 1. The van der Waals surface area contributed by atoms with Crippen molar-refractivity contribution in [2.75, 3.05) is 11.1 Å². The molecule has 7 heteroatoms. The van der Waals surface area contributed by atoms with E-state index in [1.54, 1.807) is 0 Å². The molecule has 2 rings (SSSR count). The Hall–Kier alpha value is -1.60. The molecule has 0 aliphatic rings. The van der Waals surface area contributed by atoms with E-state index in [2.05, 4.69) is 33.8 Å². The van der Waals surface area contributed by atoms with Crippen molar-refractivity contribution in [1.82, 2.24) is 15.5 Å². The van der Waals surface area contributed by atoms with Crippen molar-refractivity contribution in [2.45, 2.75) is 44.0 Å². The molecule has 0 saturated heterocycles. The first-order valence-electron chi connectivity index (χ1n) is 7.49. The van der Waals surface area contributed by atoms with Crippen molar-refractivity contribution in [3.05, 3.63) is 29.8 Å². The SMILES string of the molecule is CCC(C)(C)NC(=O)CSc1nnc(Nc2cccc(C)c2)s1. The van der Waals surface area contributed by atoms with Gasteiger partial charge in [-0.05, 0) is 44.9 Å². The van der Waals surface area contributed by atoms with Crippen molar-refractivity contribution in [3.8, 4) is 0 Å². The van der Waals surface area contributed by atoms with Gasteiger partial charge in [0.2, 0.25) is 11.0 Å². The molecule has 1 aromatic heterocycles. The summed E-state index contributed by atoms with van der Waals surface area (Å²) in [6.07, 6.45) is 0.896. The first-order chi connectivity index (χ1) is 10.9. The number of aryl methyl sites for hydroxylation is 1. The summed E-state index contributed by atoms with van der Waals surface area (Å²) in [5, 5.41) is 15.2. The van der Waals surface area contributed by atoms with Gasteiger partial charge in [-0.1, -0.05) is 42.2 Å². The summed E-state index contributed by atoms with van der Waals surface area (Å²) < 4.78 is 0.782. The molecule has 23 heavy (non-hydrogen) atoms. The van der Waals surface area contributed by atoms with Crippen molar-refractivity contribution in [1.29, 1.82) is 0 Å². The Morgan fingerprint density at radius 1 is 1.35 bits per heavy atom. The highest BCUT2D eigenvalue weighted by atomic mass is 32.2. The summed E-state index contributed by atoms with van der Waals surface area (Å²) in [7, 11) is 0. The maximum atomic E-state index is 11.9. The zero-order valence-corrected chi connectivity index (χ0v) is 15.5. The first kappa shape index (κ1) is 17.7. The number of rotatable bonds is 7. The summed E-state index contributed by atoms with van der Waals surface area (Å²) >= 11 is 2.86. The van der Waals surface area contributed by atoms with Crippen molar-refractivity contribution < 1.29 is 4.79 Å². The smallest absolute Gasteiger partial charge is 0.230 e. The fourth-order valence-electron chi connectivity index (χ4n) is 1.79. The number of hydrogen-bond acceptors (Lipinski definition) is 6. The van der Waals surface area contributed by atoms with Crippen LogP contribution in [0.25, 0.3) is 0 Å².